The molecule has 0 radical (unpaired) electrons. The molecule has 0 unspecified atom stereocenters. The molecular weight excluding hydrogens is 184 g/mol. The maximum absolute atomic E-state index is 4.75. The lowest BCUT2D eigenvalue weighted by Crippen LogP contribution is -2.30. The van der Waals surface area contributed by atoms with Crippen LogP contribution in [0.5, 0.6) is 0 Å². The number of likely N-dealkylation sites (N-methyl/N-ethyl adjacent to an activating group) is 1. The van der Waals surface area contributed by atoms with Crippen LogP contribution in [0.15, 0.2) is 16.3 Å². The molecule has 0 saturated carbocycles. The molecule has 0 fully saturated rings. The molecule has 0 aromatic heterocycles. The molecule has 86 valence electrons. The van der Waals surface area contributed by atoms with Gasteiger partial charge in [-0.1, -0.05) is 20.8 Å². The van der Waals surface area contributed by atoms with Crippen LogP contribution in [0.25, 0.3) is 0 Å². The van der Waals surface area contributed by atoms with Gasteiger partial charge in [-0.05, 0) is 31.9 Å². The number of hydrogen-bond donors (Lipinski definition) is 0. The summed E-state index contributed by atoms with van der Waals surface area (Å²) in [5.41, 5.74) is 4.03. The normalized spacial score (nSPS) is 20.3. The van der Waals surface area contributed by atoms with Crippen LogP contribution in [0, 0.1) is 5.92 Å². The van der Waals surface area contributed by atoms with Crippen LogP contribution in [-0.2, 0) is 0 Å². The molecule has 15 heavy (non-hydrogen) atoms. The average molecular weight is 208 g/mol. The Bertz CT molecular complexity index is 274. The Morgan fingerprint density at radius 3 is 2.60 bits per heavy atom. The monoisotopic (exact) mass is 208 g/mol. The number of aliphatic imine (C=N–C) groups is 1. The molecule has 1 heterocycles. The van der Waals surface area contributed by atoms with Crippen molar-refractivity contribution in [2.24, 2.45) is 10.9 Å². The Kier molecular flexibility index (Phi) is 4.52. The van der Waals surface area contributed by atoms with E-state index in [0.29, 0.717) is 5.92 Å². The zero-order valence-corrected chi connectivity index (χ0v) is 10.8. The van der Waals surface area contributed by atoms with Gasteiger partial charge < -0.3 is 0 Å². The van der Waals surface area contributed by atoms with Gasteiger partial charge in [0.15, 0.2) is 0 Å². The average Bonchev–Trinajstić information content (AvgIpc) is 2.20. The van der Waals surface area contributed by atoms with Gasteiger partial charge in [0.25, 0.3) is 0 Å². The summed E-state index contributed by atoms with van der Waals surface area (Å²) in [5.74, 6) is 0.564. The van der Waals surface area contributed by atoms with E-state index in [0.717, 1.165) is 26.1 Å². The van der Waals surface area contributed by atoms with Gasteiger partial charge in [0.1, 0.15) is 0 Å². The summed E-state index contributed by atoms with van der Waals surface area (Å²) in [6.07, 6.45) is 1.11. The summed E-state index contributed by atoms with van der Waals surface area (Å²) in [5, 5.41) is 0. The number of rotatable bonds is 3. The molecule has 1 aliphatic rings. The smallest absolute Gasteiger partial charge is 0.0417 e. The topological polar surface area (TPSA) is 15.6 Å². The fourth-order valence-electron chi connectivity index (χ4n) is 1.75. The third-order valence-corrected chi connectivity index (χ3v) is 3.21. The van der Waals surface area contributed by atoms with Crippen molar-refractivity contribution in [3.05, 3.63) is 11.3 Å². The van der Waals surface area contributed by atoms with Crippen molar-refractivity contribution in [3.63, 3.8) is 0 Å². The maximum atomic E-state index is 4.75. The van der Waals surface area contributed by atoms with Crippen molar-refractivity contribution >= 4 is 5.71 Å². The molecule has 0 aromatic rings. The highest BCUT2D eigenvalue weighted by atomic mass is 15.1. The van der Waals surface area contributed by atoms with E-state index in [2.05, 4.69) is 39.5 Å². The molecule has 0 aliphatic carbocycles. The molecule has 2 nitrogen and oxygen atoms in total. The molecule has 1 rings (SSSR count). The molecule has 0 saturated heterocycles. The van der Waals surface area contributed by atoms with E-state index in [1.165, 1.54) is 17.0 Å². The van der Waals surface area contributed by atoms with Crippen molar-refractivity contribution in [1.82, 2.24) is 4.90 Å². The van der Waals surface area contributed by atoms with Gasteiger partial charge in [-0.25, -0.2) is 0 Å². The van der Waals surface area contributed by atoms with E-state index >= 15 is 0 Å². The zero-order chi connectivity index (χ0) is 11.4. The van der Waals surface area contributed by atoms with Crippen molar-refractivity contribution in [2.75, 3.05) is 19.6 Å². The predicted octanol–water partition coefficient (Wildman–Crippen LogP) is 3.10. The molecule has 0 aromatic carbocycles. The second-order valence-electron chi connectivity index (χ2n) is 4.75. The van der Waals surface area contributed by atoms with Crippen molar-refractivity contribution in [2.45, 2.75) is 41.0 Å². The van der Waals surface area contributed by atoms with Crippen LogP contribution >= 0.6 is 0 Å². The molecule has 1 aliphatic heterocycles. The SMILES string of the molecule is CCN1CCC(/N=C(\C)C(C)C)=C(C)C1. The van der Waals surface area contributed by atoms with Crippen LogP contribution in [0.2, 0.25) is 0 Å². The Balaban J connectivity index is 2.75. The quantitative estimate of drug-likeness (QED) is 0.651. The van der Waals surface area contributed by atoms with Crippen molar-refractivity contribution in [3.8, 4) is 0 Å². The number of nitrogens with zero attached hydrogens (tertiary/aromatic N) is 2. The number of hydrogen-bond acceptors (Lipinski definition) is 2. The van der Waals surface area contributed by atoms with E-state index in [4.69, 9.17) is 4.99 Å². The first-order valence-corrected chi connectivity index (χ1v) is 6.00. The lowest BCUT2D eigenvalue weighted by molar-refractivity contribution is 0.300. The summed E-state index contributed by atoms with van der Waals surface area (Å²) in [7, 11) is 0. The third kappa shape index (κ3) is 3.45. The minimum absolute atomic E-state index is 0.564. The molecule has 2 heteroatoms. The van der Waals surface area contributed by atoms with Crippen LogP contribution in [0.3, 0.4) is 0 Å². The van der Waals surface area contributed by atoms with Crippen LogP contribution < -0.4 is 0 Å². The Morgan fingerprint density at radius 1 is 1.47 bits per heavy atom. The van der Waals surface area contributed by atoms with Gasteiger partial charge >= 0.3 is 0 Å². The Hall–Kier alpha value is -0.630. The van der Waals surface area contributed by atoms with Gasteiger partial charge in [0.2, 0.25) is 0 Å². The highest BCUT2D eigenvalue weighted by Crippen LogP contribution is 2.19. The summed E-state index contributed by atoms with van der Waals surface area (Å²) in [6.45, 7) is 14.4. The summed E-state index contributed by atoms with van der Waals surface area (Å²) >= 11 is 0. The molecule has 0 atom stereocenters. The van der Waals surface area contributed by atoms with Gasteiger partial charge in [-0.15, -0.1) is 0 Å². The lowest BCUT2D eigenvalue weighted by atomic mass is 10.1. The minimum Gasteiger partial charge on any atom is -0.299 e. The molecule has 0 bridgehead atoms. The first-order valence-electron chi connectivity index (χ1n) is 6.00. The second kappa shape index (κ2) is 5.45. The fraction of sp³-hybridized carbons (Fsp3) is 0.769. The predicted molar refractivity (Wildman–Crippen MR) is 67.4 cm³/mol. The van der Waals surface area contributed by atoms with E-state index in [1.54, 1.807) is 0 Å². The molecule has 0 spiro atoms. The highest BCUT2D eigenvalue weighted by Gasteiger charge is 2.14. The standard InChI is InChI=1S/C13H24N2/c1-6-15-8-7-13(11(4)9-15)14-12(5)10(2)3/h10H,6-9H2,1-5H3/b14-12+. The van der Waals surface area contributed by atoms with E-state index < -0.39 is 0 Å². The van der Waals surface area contributed by atoms with E-state index in [-0.39, 0.29) is 0 Å². The minimum atomic E-state index is 0.564. The van der Waals surface area contributed by atoms with Crippen molar-refractivity contribution in [1.29, 1.82) is 0 Å². The first-order chi connectivity index (χ1) is 7.04. The Morgan fingerprint density at radius 2 is 2.13 bits per heavy atom. The van der Waals surface area contributed by atoms with Crippen LogP contribution in [0.4, 0.5) is 0 Å². The Labute approximate surface area is 94.1 Å². The fourth-order valence-corrected chi connectivity index (χ4v) is 1.75. The zero-order valence-electron chi connectivity index (χ0n) is 10.8. The summed E-state index contributed by atoms with van der Waals surface area (Å²) in [4.78, 5) is 7.23. The second-order valence-corrected chi connectivity index (χ2v) is 4.75. The van der Waals surface area contributed by atoms with Crippen LogP contribution in [-0.4, -0.2) is 30.2 Å². The highest BCUT2D eigenvalue weighted by molar-refractivity contribution is 5.84. The van der Waals surface area contributed by atoms with Crippen molar-refractivity contribution < 1.29 is 0 Å². The largest absolute Gasteiger partial charge is 0.299 e. The van der Waals surface area contributed by atoms with Crippen LogP contribution in [0.1, 0.15) is 41.0 Å². The molecular formula is C13H24N2. The molecule has 0 amide bonds. The summed E-state index contributed by atoms with van der Waals surface area (Å²) < 4.78 is 0. The van der Waals surface area contributed by atoms with Gasteiger partial charge in [-0.2, -0.15) is 0 Å². The van der Waals surface area contributed by atoms with E-state index in [1.807, 2.05) is 0 Å². The molecule has 0 N–H and O–H groups in total. The van der Waals surface area contributed by atoms with E-state index in [9.17, 15) is 0 Å². The van der Waals surface area contributed by atoms with Gasteiger partial charge in [0.05, 0.1) is 0 Å². The van der Waals surface area contributed by atoms with Gasteiger partial charge in [-0.3, -0.25) is 9.89 Å². The lowest BCUT2D eigenvalue weighted by Gasteiger charge is -2.27. The van der Waals surface area contributed by atoms with Gasteiger partial charge in [0, 0.05) is 30.9 Å². The first kappa shape index (κ1) is 12.4. The summed E-state index contributed by atoms with van der Waals surface area (Å²) in [6, 6.07) is 0. The maximum Gasteiger partial charge on any atom is 0.0417 e. The third-order valence-electron chi connectivity index (χ3n) is 3.21.